The maximum absolute atomic E-state index is 4.65. The molecule has 0 aliphatic carbocycles. The van der Waals surface area contributed by atoms with Gasteiger partial charge in [-0.3, -0.25) is 19.9 Å². The minimum Gasteiger partial charge on any atom is -0.256 e. The van der Waals surface area contributed by atoms with Crippen LogP contribution in [0.1, 0.15) is 0 Å². The minimum absolute atomic E-state index is 0.711. The Labute approximate surface area is 161 Å². The molecule has 0 atom stereocenters. The third-order valence-corrected chi connectivity index (χ3v) is 9.52. The average molecular weight is 388 g/mol. The standard InChI is InChI=1S/C21H18N4P2/c1-5-13-22-18(9-1)26(19-10-2-6-14-23-19)17-27(20-11-3-7-15-24-20)21-12-4-8-16-25-21/h1-16H,17H2. The Kier molecular flexibility index (Phi) is 5.89. The average Bonchev–Trinajstić information content (AvgIpc) is 2.77. The van der Waals surface area contributed by atoms with Crippen molar-refractivity contribution in [2.24, 2.45) is 0 Å². The van der Waals surface area contributed by atoms with Gasteiger partial charge in [0.15, 0.2) is 0 Å². The summed E-state index contributed by atoms with van der Waals surface area (Å²) in [5.41, 5.74) is 4.35. The molecule has 132 valence electrons. The van der Waals surface area contributed by atoms with Crippen LogP contribution >= 0.6 is 15.8 Å². The fraction of sp³-hybridized carbons (Fsp3) is 0.0476. The summed E-state index contributed by atoms with van der Waals surface area (Å²) in [7, 11) is -1.42. The van der Waals surface area contributed by atoms with Crippen molar-refractivity contribution in [2.75, 3.05) is 5.90 Å². The van der Waals surface area contributed by atoms with E-state index in [4.69, 9.17) is 0 Å². The molecule has 6 heteroatoms. The molecule has 0 bridgehead atoms. The van der Waals surface area contributed by atoms with Crippen LogP contribution in [0.15, 0.2) is 97.6 Å². The van der Waals surface area contributed by atoms with E-state index in [2.05, 4.69) is 44.2 Å². The second-order valence-electron chi connectivity index (χ2n) is 5.75. The van der Waals surface area contributed by atoms with Gasteiger partial charge in [0, 0.05) is 46.5 Å². The molecule has 0 N–H and O–H groups in total. The first-order valence-corrected chi connectivity index (χ1v) is 11.7. The summed E-state index contributed by atoms with van der Waals surface area (Å²) in [5.74, 6) is 0.923. The third-order valence-electron chi connectivity index (χ3n) is 3.99. The number of aromatic nitrogens is 4. The van der Waals surface area contributed by atoms with Crippen LogP contribution in [0.4, 0.5) is 0 Å². The SMILES string of the molecule is c1ccc(P(CP(c2ccccn2)c2ccccn2)c2ccccn2)nc1. The van der Waals surface area contributed by atoms with Crippen molar-refractivity contribution in [3.8, 4) is 0 Å². The Hall–Kier alpha value is -2.54. The summed E-state index contributed by atoms with van der Waals surface area (Å²) in [4.78, 5) is 18.6. The third kappa shape index (κ3) is 4.42. The van der Waals surface area contributed by atoms with Crippen LogP contribution in [0.25, 0.3) is 0 Å². The first kappa shape index (κ1) is 17.9. The second kappa shape index (κ2) is 8.90. The molecule has 0 unspecified atom stereocenters. The van der Waals surface area contributed by atoms with Crippen LogP contribution in [-0.4, -0.2) is 25.8 Å². The lowest BCUT2D eigenvalue weighted by Crippen LogP contribution is -2.24. The Morgan fingerprint density at radius 3 is 0.963 bits per heavy atom. The van der Waals surface area contributed by atoms with Crippen molar-refractivity contribution in [1.29, 1.82) is 0 Å². The number of rotatable bonds is 6. The maximum atomic E-state index is 4.65. The van der Waals surface area contributed by atoms with E-state index in [1.165, 1.54) is 0 Å². The lowest BCUT2D eigenvalue weighted by atomic mass is 10.5. The number of hydrogen-bond donors (Lipinski definition) is 0. The first-order chi connectivity index (χ1) is 13.4. The molecule has 0 spiro atoms. The van der Waals surface area contributed by atoms with Crippen molar-refractivity contribution in [3.63, 3.8) is 0 Å². The summed E-state index contributed by atoms with van der Waals surface area (Å²) in [6, 6.07) is 24.4. The number of hydrogen-bond acceptors (Lipinski definition) is 4. The zero-order valence-electron chi connectivity index (χ0n) is 14.6. The van der Waals surface area contributed by atoms with Crippen LogP contribution in [0.5, 0.6) is 0 Å². The molecule has 27 heavy (non-hydrogen) atoms. The zero-order chi connectivity index (χ0) is 18.3. The second-order valence-corrected chi connectivity index (χ2v) is 10.4. The van der Waals surface area contributed by atoms with Gasteiger partial charge in [0.25, 0.3) is 0 Å². The maximum Gasteiger partial charge on any atom is 0.0695 e. The topological polar surface area (TPSA) is 51.6 Å². The van der Waals surface area contributed by atoms with Crippen molar-refractivity contribution >= 4 is 37.6 Å². The van der Waals surface area contributed by atoms with Gasteiger partial charge in [0.05, 0.1) is 21.7 Å². The van der Waals surface area contributed by atoms with Crippen LogP contribution in [0.3, 0.4) is 0 Å². The van der Waals surface area contributed by atoms with Gasteiger partial charge in [0.2, 0.25) is 0 Å². The lowest BCUT2D eigenvalue weighted by Gasteiger charge is -2.23. The summed E-state index contributed by atoms with van der Waals surface area (Å²) >= 11 is 0. The summed E-state index contributed by atoms with van der Waals surface area (Å²) < 4.78 is 0. The van der Waals surface area contributed by atoms with Gasteiger partial charge in [-0.2, -0.15) is 0 Å². The molecule has 4 heterocycles. The van der Waals surface area contributed by atoms with Crippen LogP contribution in [0, 0.1) is 0 Å². The van der Waals surface area contributed by atoms with Gasteiger partial charge < -0.3 is 0 Å². The molecule has 4 aromatic heterocycles. The Bertz CT molecular complexity index is 794. The van der Waals surface area contributed by atoms with Gasteiger partial charge in [-0.15, -0.1) is 0 Å². The van der Waals surface area contributed by atoms with E-state index in [1.54, 1.807) is 0 Å². The molecule has 0 aliphatic heterocycles. The van der Waals surface area contributed by atoms with Crippen LogP contribution in [-0.2, 0) is 0 Å². The van der Waals surface area contributed by atoms with Crippen LogP contribution in [0.2, 0.25) is 0 Å². The monoisotopic (exact) mass is 388 g/mol. The predicted octanol–water partition coefficient (Wildman–Crippen LogP) is 2.79. The fourth-order valence-electron chi connectivity index (χ4n) is 2.72. The van der Waals surface area contributed by atoms with E-state index in [-0.39, 0.29) is 0 Å². The molecule has 0 saturated carbocycles. The highest BCUT2D eigenvalue weighted by Crippen LogP contribution is 2.47. The normalized spacial score (nSPS) is 11.0. The summed E-state index contributed by atoms with van der Waals surface area (Å²) in [5, 5.41) is 0. The molecule has 0 amide bonds. The van der Waals surface area contributed by atoms with Gasteiger partial charge in [-0.1, -0.05) is 24.3 Å². The molecule has 4 nitrogen and oxygen atoms in total. The predicted molar refractivity (Wildman–Crippen MR) is 114 cm³/mol. The molecule has 4 aromatic rings. The van der Waals surface area contributed by atoms with Crippen molar-refractivity contribution in [2.45, 2.75) is 0 Å². The molecule has 4 rings (SSSR count). The quantitative estimate of drug-likeness (QED) is 0.477. The van der Waals surface area contributed by atoms with Crippen molar-refractivity contribution in [3.05, 3.63) is 97.6 Å². The first-order valence-electron chi connectivity index (χ1n) is 8.61. The molecule has 0 saturated heterocycles. The highest BCUT2D eigenvalue weighted by atomic mass is 31.2. The van der Waals surface area contributed by atoms with E-state index in [0.717, 1.165) is 27.6 Å². The summed E-state index contributed by atoms with van der Waals surface area (Å²) in [6.07, 6.45) is 7.43. The van der Waals surface area contributed by atoms with E-state index >= 15 is 0 Å². The smallest absolute Gasteiger partial charge is 0.0695 e. The highest BCUT2D eigenvalue weighted by Gasteiger charge is 2.25. The largest absolute Gasteiger partial charge is 0.256 e. The molecule has 0 fully saturated rings. The zero-order valence-corrected chi connectivity index (χ0v) is 16.4. The van der Waals surface area contributed by atoms with E-state index < -0.39 is 15.8 Å². The Morgan fingerprint density at radius 2 is 0.741 bits per heavy atom. The van der Waals surface area contributed by atoms with Crippen LogP contribution < -0.4 is 21.7 Å². The summed E-state index contributed by atoms with van der Waals surface area (Å²) in [6.45, 7) is 0. The van der Waals surface area contributed by atoms with Crippen molar-refractivity contribution < 1.29 is 0 Å². The van der Waals surface area contributed by atoms with E-state index in [1.807, 2.05) is 73.3 Å². The molecular formula is C21H18N4P2. The molecule has 0 aliphatic rings. The number of nitrogens with zero attached hydrogens (tertiary/aromatic N) is 4. The van der Waals surface area contributed by atoms with Crippen molar-refractivity contribution in [1.82, 2.24) is 19.9 Å². The molecule has 0 radical (unpaired) electrons. The number of pyridine rings is 4. The lowest BCUT2D eigenvalue weighted by molar-refractivity contribution is 1.36. The fourth-order valence-corrected chi connectivity index (χ4v) is 8.53. The molecular weight excluding hydrogens is 370 g/mol. The Morgan fingerprint density at radius 1 is 0.444 bits per heavy atom. The van der Waals surface area contributed by atoms with Gasteiger partial charge in [-0.25, -0.2) is 0 Å². The van der Waals surface area contributed by atoms with Gasteiger partial charge in [0.1, 0.15) is 0 Å². The Balaban J connectivity index is 1.77. The molecule has 0 aromatic carbocycles. The van der Waals surface area contributed by atoms with E-state index in [0.29, 0.717) is 0 Å². The highest BCUT2D eigenvalue weighted by molar-refractivity contribution is 7.88. The van der Waals surface area contributed by atoms with Gasteiger partial charge in [-0.05, 0) is 48.5 Å². The minimum atomic E-state index is -0.711. The van der Waals surface area contributed by atoms with E-state index in [9.17, 15) is 0 Å². The van der Waals surface area contributed by atoms with Gasteiger partial charge >= 0.3 is 0 Å².